The summed E-state index contributed by atoms with van der Waals surface area (Å²) in [4.78, 5) is 12.0. The summed E-state index contributed by atoms with van der Waals surface area (Å²) in [5, 5.41) is 4.02. The van der Waals surface area contributed by atoms with Crippen LogP contribution >= 0.6 is 0 Å². The van der Waals surface area contributed by atoms with Gasteiger partial charge in [0.05, 0.1) is 0 Å². The van der Waals surface area contributed by atoms with E-state index in [2.05, 4.69) is 10.5 Å². The highest BCUT2D eigenvalue weighted by Crippen LogP contribution is 2.32. The van der Waals surface area contributed by atoms with Gasteiger partial charge in [0.25, 0.3) is 5.91 Å². The van der Waals surface area contributed by atoms with E-state index in [1.165, 1.54) is 0 Å². The molecule has 1 amide bonds. The molecule has 2 aromatic rings. The monoisotopic (exact) mass is 296 g/mol. The second kappa shape index (κ2) is 6.30. The molecule has 0 spiro atoms. The molecule has 0 fully saturated rings. The molecule has 22 heavy (non-hydrogen) atoms. The number of hydrogen-bond donors (Lipinski definition) is 1. The average Bonchev–Trinajstić information content (AvgIpc) is 3.03. The topological polar surface area (TPSA) is 59.9 Å². The van der Waals surface area contributed by atoms with Gasteiger partial charge in [-0.3, -0.25) is 4.79 Å². The van der Waals surface area contributed by atoms with E-state index in [4.69, 9.17) is 9.47 Å². The first-order chi connectivity index (χ1) is 10.7. The summed E-state index contributed by atoms with van der Waals surface area (Å²) in [5.74, 6) is 1.07. The van der Waals surface area contributed by atoms with Gasteiger partial charge in [0.2, 0.25) is 6.79 Å². The predicted molar refractivity (Wildman–Crippen MR) is 83.4 cm³/mol. The molecule has 0 aromatic heterocycles. The summed E-state index contributed by atoms with van der Waals surface area (Å²) < 4.78 is 10.5. The molecule has 1 atom stereocenters. The smallest absolute Gasteiger partial charge is 0.271 e. The Balaban J connectivity index is 1.61. The van der Waals surface area contributed by atoms with Crippen LogP contribution in [0.2, 0.25) is 0 Å². The molecule has 3 rings (SSSR count). The molecule has 0 bridgehead atoms. The van der Waals surface area contributed by atoms with Gasteiger partial charge in [-0.1, -0.05) is 37.3 Å². The Morgan fingerprint density at radius 1 is 1.18 bits per heavy atom. The molecular weight excluding hydrogens is 280 g/mol. The van der Waals surface area contributed by atoms with Crippen LogP contribution in [0, 0.1) is 0 Å². The number of carbonyl (C=O) groups excluding carboxylic acids is 1. The highest BCUT2D eigenvalue weighted by molar-refractivity contribution is 5.95. The summed E-state index contributed by atoms with van der Waals surface area (Å²) >= 11 is 0. The minimum Gasteiger partial charge on any atom is -0.454 e. The van der Waals surface area contributed by atoms with Crippen LogP contribution in [0.15, 0.2) is 53.6 Å². The van der Waals surface area contributed by atoms with E-state index in [1.54, 1.807) is 24.4 Å². The minimum atomic E-state index is -0.283. The zero-order valence-corrected chi connectivity index (χ0v) is 12.2. The van der Waals surface area contributed by atoms with Gasteiger partial charge in [-0.15, -0.1) is 0 Å². The van der Waals surface area contributed by atoms with Crippen LogP contribution in [0.4, 0.5) is 0 Å². The summed E-state index contributed by atoms with van der Waals surface area (Å²) in [5.41, 5.74) is 4.15. The summed E-state index contributed by atoms with van der Waals surface area (Å²) in [7, 11) is 0. The lowest BCUT2D eigenvalue weighted by Crippen LogP contribution is -2.18. The maximum absolute atomic E-state index is 12.0. The van der Waals surface area contributed by atoms with Crippen molar-refractivity contribution < 1.29 is 14.3 Å². The van der Waals surface area contributed by atoms with Crippen molar-refractivity contribution >= 4 is 12.1 Å². The zero-order valence-electron chi connectivity index (χ0n) is 12.2. The molecule has 0 saturated carbocycles. The van der Waals surface area contributed by atoms with E-state index < -0.39 is 0 Å². The number of benzene rings is 2. The molecular formula is C17H16N2O3. The van der Waals surface area contributed by atoms with Gasteiger partial charge >= 0.3 is 0 Å². The molecule has 1 aliphatic heterocycles. The Morgan fingerprint density at radius 3 is 2.77 bits per heavy atom. The van der Waals surface area contributed by atoms with Crippen LogP contribution < -0.4 is 14.9 Å². The number of amides is 1. The fourth-order valence-electron chi connectivity index (χ4n) is 2.15. The fourth-order valence-corrected chi connectivity index (χ4v) is 2.15. The molecule has 0 radical (unpaired) electrons. The summed E-state index contributed by atoms with van der Waals surface area (Å²) in [6.45, 7) is 2.21. The van der Waals surface area contributed by atoms with E-state index in [9.17, 15) is 4.79 Å². The van der Waals surface area contributed by atoms with Crippen molar-refractivity contribution in [3.8, 4) is 11.5 Å². The first kappa shape index (κ1) is 14.1. The average molecular weight is 296 g/mol. The van der Waals surface area contributed by atoms with Crippen molar-refractivity contribution in [1.29, 1.82) is 0 Å². The molecule has 0 saturated heterocycles. The van der Waals surface area contributed by atoms with Gasteiger partial charge < -0.3 is 9.47 Å². The van der Waals surface area contributed by atoms with Crippen LogP contribution in [0.3, 0.4) is 0 Å². The van der Waals surface area contributed by atoms with Gasteiger partial charge in [0.15, 0.2) is 11.5 Å². The lowest BCUT2D eigenvalue weighted by atomic mass is 10.0. The first-order valence-corrected chi connectivity index (χ1v) is 7.02. The second-order valence-corrected chi connectivity index (χ2v) is 4.99. The molecule has 1 aliphatic rings. The molecule has 5 heteroatoms. The number of rotatable bonds is 4. The van der Waals surface area contributed by atoms with Crippen LogP contribution in [0.25, 0.3) is 0 Å². The number of hydrogen-bond acceptors (Lipinski definition) is 4. The Morgan fingerprint density at radius 2 is 1.95 bits per heavy atom. The standard InChI is InChI=1S/C17H16N2O3/c1-12(13-5-3-2-4-6-13)10-18-19-17(20)14-7-8-15-16(9-14)22-11-21-15/h2-10,12H,11H2,1H3,(H,19,20)/b18-10-/t12-/m1/s1. The predicted octanol–water partition coefficient (Wildman–Crippen LogP) is 2.93. The van der Waals surface area contributed by atoms with Crippen molar-refractivity contribution in [3.05, 3.63) is 59.7 Å². The van der Waals surface area contributed by atoms with E-state index >= 15 is 0 Å². The van der Waals surface area contributed by atoms with Gasteiger partial charge in [0, 0.05) is 17.7 Å². The van der Waals surface area contributed by atoms with Crippen LogP contribution in [0.1, 0.15) is 28.8 Å². The van der Waals surface area contributed by atoms with Crippen molar-refractivity contribution in [2.75, 3.05) is 6.79 Å². The largest absolute Gasteiger partial charge is 0.454 e. The van der Waals surface area contributed by atoms with Crippen LogP contribution in [-0.4, -0.2) is 18.9 Å². The quantitative estimate of drug-likeness (QED) is 0.697. The van der Waals surface area contributed by atoms with E-state index in [1.807, 2.05) is 37.3 Å². The Hall–Kier alpha value is -2.82. The van der Waals surface area contributed by atoms with Gasteiger partial charge in [-0.25, -0.2) is 5.43 Å². The Kier molecular flexibility index (Phi) is 4.05. The summed E-state index contributed by atoms with van der Waals surface area (Å²) in [6, 6.07) is 15.0. The number of nitrogens with one attached hydrogen (secondary N) is 1. The second-order valence-electron chi connectivity index (χ2n) is 4.99. The third-order valence-electron chi connectivity index (χ3n) is 3.42. The SMILES string of the molecule is C[C@H](/C=N\NC(=O)c1ccc2c(c1)OCO2)c1ccccc1. The minimum absolute atomic E-state index is 0.123. The van der Waals surface area contributed by atoms with Crippen molar-refractivity contribution in [2.24, 2.45) is 5.10 Å². The van der Waals surface area contributed by atoms with Crippen LogP contribution in [0.5, 0.6) is 11.5 Å². The lowest BCUT2D eigenvalue weighted by molar-refractivity contribution is 0.0954. The van der Waals surface area contributed by atoms with Crippen LogP contribution in [-0.2, 0) is 0 Å². The normalized spacial score (nSPS) is 14.0. The first-order valence-electron chi connectivity index (χ1n) is 7.02. The van der Waals surface area contributed by atoms with E-state index in [0.29, 0.717) is 17.1 Å². The number of ether oxygens (including phenoxy) is 2. The molecule has 112 valence electrons. The third kappa shape index (κ3) is 3.09. The van der Waals surface area contributed by atoms with Crippen molar-refractivity contribution in [1.82, 2.24) is 5.43 Å². The molecule has 0 unspecified atom stereocenters. The molecule has 1 N–H and O–H groups in total. The molecule has 0 aliphatic carbocycles. The third-order valence-corrected chi connectivity index (χ3v) is 3.42. The van der Waals surface area contributed by atoms with Gasteiger partial charge in [-0.2, -0.15) is 5.10 Å². The number of hydrazone groups is 1. The van der Waals surface area contributed by atoms with Crippen molar-refractivity contribution in [2.45, 2.75) is 12.8 Å². The Labute approximate surface area is 128 Å². The number of nitrogens with zero attached hydrogens (tertiary/aromatic N) is 1. The molecule has 5 nitrogen and oxygen atoms in total. The van der Waals surface area contributed by atoms with Gasteiger partial charge in [0.1, 0.15) is 0 Å². The molecule has 2 aromatic carbocycles. The maximum Gasteiger partial charge on any atom is 0.271 e. The van der Waals surface area contributed by atoms with Crippen molar-refractivity contribution in [3.63, 3.8) is 0 Å². The zero-order chi connectivity index (χ0) is 15.4. The van der Waals surface area contributed by atoms with Gasteiger partial charge in [-0.05, 0) is 23.8 Å². The maximum atomic E-state index is 12.0. The summed E-state index contributed by atoms with van der Waals surface area (Å²) in [6.07, 6.45) is 1.71. The highest BCUT2D eigenvalue weighted by Gasteiger charge is 2.15. The lowest BCUT2D eigenvalue weighted by Gasteiger charge is -2.05. The van der Waals surface area contributed by atoms with E-state index in [-0.39, 0.29) is 18.6 Å². The Bertz CT molecular complexity index is 698. The van der Waals surface area contributed by atoms with E-state index in [0.717, 1.165) is 5.56 Å². The number of fused-ring (bicyclic) bond motifs is 1. The fraction of sp³-hybridized carbons (Fsp3) is 0.176. The number of carbonyl (C=O) groups is 1. The highest BCUT2D eigenvalue weighted by atomic mass is 16.7. The molecule has 1 heterocycles.